The predicted molar refractivity (Wildman–Crippen MR) is 126 cm³/mol. The molecule has 1 amide bonds. The Bertz CT molecular complexity index is 1040. The second kappa shape index (κ2) is 10.0. The molecule has 0 aromatic heterocycles. The number of benzene rings is 2. The quantitative estimate of drug-likeness (QED) is 0.647. The maximum Gasteiger partial charge on any atom is 0.243 e. The van der Waals surface area contributed by atoms with Crippen LogP contribution in [0.3, 0.4) is 0 Å². The van der Waals surface area contributed by atoms with E-state index in [2.05, 4.69) is 22.3 Å². The number of hydrogen-bond acceptors (Lipinski definition) is 4. The van der Waals surface area contributed by atoms with E-state index in [0.29, 0.717) is 17.3 Å². The molecule has 0 unspecified atom stereocenters. The van der Waals surface area contributed by atoms with Gasteiger partial charge < -0.3 is 5.32 Å². The van der Waals surface area contributed by atoms with Crippen molar-refractivity contribution in [3.63, 3.8) is 0 Å². The van der Waals surface area contributed by atoms with Gasteiger partial charge in [0.1, 0.15) is 6.04 Å². The molecule has 0 radical (unpaired) electrons. The van der Waals surface area contributed by atoms with Crippen LogP contribution < -0.4 is 9.62 Å². The molecule has 2 aromatic rings. The predicted octanol–water partition coefficient (Wildman–Crippen LogP) is 3.72. The van der Waals surface area contributed by atoms with Gasteiger partial charge in [0.25, 0.3) is 0 Å². The molecule has 0 aliphatic carbocycles. The fraction of sp³-hybridized carbons (Fsp3) is 0.435. The van der Waals surface area contributed by atoms with Gasteiger partial charge in [0.2, 0.25) is 15.9 Å². The van der Waals surface area contributed by atoms with Crippen molar-refractivity contribution >= 4 is 33.2 Å². The van der Waals surface area contributed by atoms with E-state index in [4.69, 9.17) is 11.6 Å². The molecule has 1 heterocycles. The van der Waals surface area contributed by atoms with E-state index >= 15 is 0 Å². The van der Waals surface area contributed by atoms with Crippen molar-refractivity contribution in [2.75, 3.05) is 23.7 Å². The molecule has 1 fully saturated rings. The molecule has 31 heavy (non-hydrogen) atoms. The van der Waals surface area contributed by atoms with Crippen LogP contribution >= 0.6 is 11.6 Å². The van der Waals surface area contributed by atoms with Crippen LogP contribution in [0.1, 0.15) is 36.5 Å². The van der Waals surface area contributed by atoms with E-state index in [1.54, 1.807) is 32.0 Å². The SMILES string of the molecule is Cc1ccc(Cl)cc1N([C@@H](C)C(=O)NCc1cccc(CN2CCCC2)c1)S(C)(=O)=O. The summed E-state index contributed by atoms with van der Waals surface area (Å²) in [4.78, 5) is 15.3. The molecule has 6 nitrogen and oxygen atoms in total. The van der Waals surface area contributed by atoms with Crippen LogP contribution in [-0.4, -0.2) is 44.6 Å². The molecule has 1 aliphatic rings. The summed E-state index contributed by atoms with van der Waals surface area (Å²) < 4.78 is 26.2. The molecule has 8 heteroatoms. The van der Waals surface area contributed by atoms with Gasteiger partial charge in [-0.2, -0.15) is 0 Å². The smallest absolute Gasteiger partial charge is 0.243 e. The third-order valence-electron chi connectivity index (χ3n) is 5.56. The van der Waals surface area contributed by atoms with Crippen molar-refractivity contribution in [3.05, 3.63) is 64.2 Å². The lowest BCUT2D eigenvalue weighted by Gasteiger charge is -2.29. The highest BCUT2D eigenvalue weighted by atomic mass is 35.5. The van der Waals surface area contributed by atoms with Crippen molar-refractivity contribution in [2.45, 2.75) is 45.8 Å². The normalized spacial score (nSPS) is 15.6. The van der Waals surface area contributed by atoms with Gasteiger partial charge in [0.05, 0.1) is 11.9 Å². The molecule has 2 aromatic carbocycles. The van der Waals surface area contributed by atoms with E-state index < -0.39 is 16.1 Å². The van der Waals surface area contributed by atoms with Crippen LogP contribution in [-0.2, 0) is 27.9 Å². The lowest BCUT2D eigenvalue weighted by molar-refractivity contribution is -0.122. The Labute approximate surface area is 190 Å². The van der Waals surface area contributed by atoms with Gasteiger partial charge in [-0.1, -0.05) is 41.9 Å². The van der Waals surface area contributed by atoms with E-state index in [9.17, 15) is 13.2 Å². The van der Waals surface area contributed by atoms with Gasteiger partial charge in [-0.25, -0.2) is 8.42 Å². The first-order chi connectivity index (χ1) is 14.6. The number of halogens is 1. The average Bonchev–Trinajstić information content (AvgIpc) is 3.21. The third kappa shape index (κ3) is 6.21. The third-order valence-corrected chi connectivity index (χ3v) is 7.02. The summed E-state index contributed by atoms with van der Waals surface area (Å²) in [6.07, 6.45) is 3.59. The fourth-order valence-electron chi connectivity index (χ4n) is 3.97. The topological polar surface area (TPSA) is 69.7 Å². The lowest BCUT2D eigenvalue weighted by atomic mass is 10.1. The minimum absolute atomic E-state index is 0.336. The molecule has 1 aliphatic heterocycles. The standard InChI is InChI=1S/C23H30ClN3O3S/c1-17-9-10-21(24)14-22(17)27(31(3,29)30)18(2)23(28)25-15-19-7-6-8-20(13-19)16-26-11-4-5-12-26/h6-10,13-14,18H,4-5,11-12,15-16H2,1-3H3,(H,25,28)/t18-/m0/s1. The summed E-state index contributed by atoms with van der Waals surface area (Å²) in [6, 6.07) is 12.2. The van der Waals surface area contributed by atoms with E-state index in [1.165, 1.54) is 18.4 Å². The number of hydrogen-bond donors (Lipinski definition) is 1. The lowest BCUT2D eigenvalue weighted by Crippen LogP contribution is -2.48. The van der Waals surface area contributed by atoms with Crippen molar-refractivity contribution in [1.82, 2.24) is 10.2 Å². The summed E-state index contributed by atoms with van der Waals surface area (Å²) in [6.45, 7) is 6.88. The number of nitrogens with zero attached hydrogens (tertiary/aromatic N) is 2. The molecule has 0 bridgehead atoms. The summed E-state index contributed by atoms with van der Waals surface area (Å²) in [5.74, 6) is -0.366. The number of carbonyl (C=O) groups excluding carboxylic acids is 1. The van der Waals surface area contributed by atoms with Crippen LogP contribution in [0.4, 0.5) is 5.69 Å². The molecule has 3 rings (SSSR count). The van der Waals surface area contributed by atoms with E-state index in [-0.39, 0.29) is 5.91 Å². The van der Waals surface area contributed by atoms with Gasteiger partial charge in [-0.15, -0.1) is 0 Å². The highest BCUT2D eigenvalue weighted by Gasteiger charge is 2.30. The summed E-state index contributed by atoms with van der Waals surface area (Å²) in [5, 5.41) is 3.30. The average molecular weight is 464 g/mol. The van der Waals surface area contributed by atoms with Gasteiger partial charge in [0, 0.05) is 18.1 Å². The van der Waals surface area contributed by atoms with Crippen LogP contribution in [0.5, 0.6) is 0 Å². The maximum absolute atomic E-state index is 12.9. The first kappa shape index (κ1) is 23.6. The molecule has 1 saturated heterocycles. The number of anilines is 1. The Hall–Kier alpha value is -2.09. The first-order valence-corrected chi connectivity index (χ1v) is 12.7. The zero-order chi connectivity index (χ0) is 22.6. The molecule has 0 spiro atoms. The number of likely N-dealkylation sites (tertiary alicyclic amines) is 1. The largest absolute Gasteiger partial charge is 0.350 e. The molecule has 1 atom stereocenters. The zero-order valence-corrected chi connectivity index (χ0v) is 19.8. The van der Waals surface area contributed by atoms with Crippen molar-refractivity contribution in [2.24, 2.45) is 0 Å². The van der Waals surface area contributed by atoms with E-state index in [0.717, 1.165) is 41.3 Å². The molecule has 168 valence electrons. The van der Waals surface area contributed by atoms with Gasteiger partial charge in [0.15, 0.2) is 0 Å². The minimum Gasteiger partial charge on any atom is -0.350 e. The van der Waals surface area contributed by atoms with Crippen LogP contribution in [0.2, 0.25) is 5.02 Å². The van der Waals surface area contributed by atoms with Crippen molar-refractivity contribution in [1.29, 1.82) is 0 Å². The summed E-state index contributed by atoms with van der Waals surface area (Å²) in [7, 11) is -3.70. The van der Waals surface area contributed by atoms with Crippen molar-refractivity contribution < 1.29 is 13.2 Å². The Morgan fingerprint density at radius 1 is 1.16 bits per heavy atom. The number of rotatable bonds is 8. The van der Waals surface area contributed by atoms with E-state index in [1.807, 2.05) is 12.1 Å². The van der Waals surface area contributed by atoms with Crippen LogP contribution in [0, 0.1) is 6.92 Å². The highest BCUT2D eigenvalue weighted by molar-refractivity contribution is 7.92. The second-order valence-electron chi connectivity index (χ2n) is 8.19. The Morgan fingerprint density at radius 3 is 2.52 bits per heavy atom. The van der Waals surface area contributed by atoms with Crippen LogP contribution in [0.25, 0.3) is 0 Å². The fourth-order valence-corrected chi connectivity index (χ4v) is 5.37. The number of nitrogens with one attached hydrogen (secondary N) is 1. The number of sulfonamides is 1. The molecule has 1 N–H and O–H groups in total. The molecule has 0 saturated carbocycles. The maximum atomic E-state index is 12.9. The minimum atomic E-state index is -3.70. The molecular formula is C23H30ClN3O3S. The Kier molecular flexibility index (Phi) is 7.62. The second-order valence-corrected chi connectivity index (χ2v) is 10.5. The molecular weight excluding hydrogens is 434 g/mol. The number of amides is 1. The summed E-state index contributed by atoms with van der Waals surface area (Å²) >= 11 is 6.09. The first-order valence-electron chi connectivity index (χ1n) is 10.5. The van der Waals surface area contributed by atoms with Crippen molar-refractivity contribution in [3.8, 4) is 0 Å². The number of carbonyl (C=O) groups is 1. The number of aryl methyl sites for hydroxylation is 1. The van der Waals surface area contributed by atoms with Gasteiger partial charge in [-0.05, 0) is 68.6 Å². The summed E-state index contributed by atoms with van der Waals surface area (Å²) in [5.41, 5.74) is 3.34. The zero-order valence-electron chi connectivity index (χ0n) is 18.3. The monoisotopic (exact) mass is 463 g/mol. The highest BCUT2D eigenvalue weighted by Crippen LogP contribution is 2.28. The van der Waals surface area contributed by atoms with Crippen LogP contribution in [0.15, 0.2) is 42.5 Å². The van der Waals surface area contributed by atoms with Gasteiger partial charge >= 0.3 is 0 Å². The Morgan fingerprint density at radius 2 is 1.84 bits per heavy atom. The van der Waals surface area contributed by atoms with Gasteiger partial charge in [-0.3, -0.25) is 14.0 Å². The Balaban J connectivity index is 1.70.